The Morgan fingerprint density at radius 2 is 1.88 bits per heavy atom. The minimum atomic E-state index is -0.282. The topological polar surface area (TPSA) is 98.2 Å². The van der Waals surface area contributed by atoms with Crippen molar-refractivity contribution in [2.24, 2.45) is 10.9 Å². The van der Waals surface area contributed by atoms with Gasteiger partial charge in [-0.05, 0) is 12.1 Å². The number of rotatable bonds is 3. The van der Waals surface area contributed by atoms with E-state index in [-0.39, 0.29) is 5.91 Å². The molecule has 0 aliphatic carbocycles. The Labute approximate surface area is 142 Å². The van der Waals surface area contributed by atoms with Crippen LogP contribution in [0.1, 0.15) is 10.4 Å². The second kappa shape index (κ2) is 6.04. The van der Waals surface area contributed by atoms with Gasteiger partial charge in [0.15, 0.2) is 0 Å². The SMILES string of the molecule is N/N=C/NC(=O)c1cn(-c2cnnc3ccccc23)c2ccccc12. The van der Waals surface area contributed by atoms with E-state index in [2.05, 4.69) is 20.6 Å². The summed E-state index contributed by atoms with van der Waals surface area (Å²) in [4.78, 5) is 12.4. The zero-order valence-corrected chi connectivity index (χ0v) is 13.1. The van der Waals surface area contributed by atoms with Gasteiger partial charge in [-0.2, -0.15) is 15.3 Å². The minimum Gasteiger partial charge on any atom is -0.322 e. The summed E-state index contributed by atoms with van der Waals surface area (Å²) in [7, 11) is 0. The highest BCUT2D eigenvalue weighted by Crippen LogP contribution is 2.27. The van der Waals surface area contributed by atoms with Gasteiger partial charge in [0.2, 0.25) is 0 Å². The fourth-order valence-electron chi connectivity index (χ4n) is 2.92. The lowest BCUT2D eigenvalue weighted by Crippen LogP contribution is -2.21. The summed E-state index contributed by atoms with van der Waals surface area (Å²) in [6, 6.07) is 15.4. The van der Waals surface area contributed by atoms with Crippen molar-refractivity contribution in [1.82, 2.24) is 20.1 Å². The van der Waals surface area contributed by atoms with E-state index in [1.807, 2.05) is 53.1 Å². The molecule has 1 amide bonds. The lowest BCUT2D eigenvalue weighted by molar-refractivity contribution is 0.0980. The van der Waals surface area contributed by atoms with Crippen molar-refractivity contribution < 1.29 is 4.79 Å². The molecule has 7 heteroatoms. The Balaban J connectivity index is 1.98. The lowest BCUT2D eigenvalue weighted by atomic mass is 10.1. The number of carbonyl (C=O) groups is 1. The Hall–Kier alpha value is -3.74. The van der Waals surface area contributed by atoms with Crippen LogP contribution in [0.2, 0.25) is 0 Å². The van der Waals surface area contributed by atoms with E-state index in [4.69, 9.17) is 5.84 Å². The Morgan fingerprint density at radius 3 is 2.72 bits per heavy atom. The number of hydrogen-bond acceptors (Lipinski definition) is 5. The molecule has 0 saturated carbocycles. The molecule has 0 radical (unpaired) electrons. The van der Waals surface area contributed by atoms with Crippen LogP contribution >= 0.6 is 0 Å². The van der Waals surface area contributed by atoms with Gasteiger partial charge in [-0.1, -0.05) is 36.4 Å². The molecule has 2 aromatic heterocycles. The van der Waals surface area contributed by atoms with Crippen molar-refractivity contribution in [3.05, 3.63) is 66.5 Å². The van der Waals surface area contributed by atoms with Crippen LogP contribution in [0.15, 0.2) is 66.0 Å². The number of aromatic nitrogens is 3. The number of nitrogens with one attached hydrogen (secondary N) is 1. The second-order valence-corrected chi connectivity index (χ2v) is 5.43. The Morgan fingerprint density at radius 1 is 1.12 bits per heavy atom. The van der Waals surface area contributed by atoms with Gasteiger partial charge < -0.3 is 15.7 Å². The number of para-hydroxylation sites is 1. The quantitative estimate of drug-likeness (QED) is 0.260. The first-order valence-electron chi connectivity index (χ1n) is 7.63. The molecule has 0 aliphatic rings. The number of amides is 1. The van der Waals surface area contributed by atoms with Crippen LogP contribution in [0.25, 0.3) is 27.5 Å². The first kappa shape index (κ1) is 14.8. The van der Waals surface area contributed by atoms with Crippen molar-refractivity contribution in [3.8, 4) is 5.69 Å². The van der Waals surface area contributed by atoms with Gasteiger partial charge in [0.25, 0.3) is 5.91 Å². The number of nitrogens with two attached hydrogens (primary N) is 1. The minimum absolute atomic E-state index is 0.282. The van der Waals surface area contributed by atoms with Crippen LogP contribution in [-0.2, 0) is 0 Å². The van der Waals surface area contributed by atoms with E-state index < -0.39 is 0 Å². The maximum atomic E-state index is 12.4. The van der Waals surface area contributed by atoms with Crippen molar-refractivity contribution in [2.45, 2.75) is 0 Å². The number of hydrazone groups is 1. The van der Waals surface area contributed by atoms with E-state index in [0.29, 0.717) is 5.56 Å². The van der Waals surface area contributed by atoms with Crippen molar-refractivity contribution in [2.75, 3.05) is 0 Å². The summed E-state index contributed by atoms with van der Waals surface area (Å²) >= 11 is 0. The number of fused-ring (bicyclic) bond motifs is 2. The second-order valence-electron chi connectivity index (χ2n) is 5.43. The van der Waals surface area contributed by atoms with Gasteiger partial charge in [-0.3, -0.25) is 4.79 Å². The van der Waals surface area contributed by atoms with Crippen LogP contribution in [0, 0.1) is 0 Å². The van der Waals surface area contributed by atoms with Crippen molar-refractivity contribution >= 4 is 34.1 Å². The zero-order valence-electron chi connectivity index (χ0n) is 13.1. The molecule has 7 nitrogen and oxygen atoms in total. The summed E-state index contributed by atoms with van der Waals surface area (Å²) in [6.07, 6.45) is 4.64. The van der Waals surface area contributed by atoms with Gasteiger partial charge in [0, 0.05) is 17.0 Å². The standard InChI is InChI=1S/C18H14N6O/c19-21-11-20-18(25)14-10-24(16-8-4-2-5-12(14)16)17-9-22-23-15-7-3-1-6-13(15)17/h1-11H,19H2,(H,20,21,25). The molecule has 3 N–H and O–H groups in total. The number of benzene rings is 2. The maximum Gasteiger partial charge on any atom is 0.258 e. The van der Waals surface area contributed by atoms with E-state index in [1.165, 1.54) is 0 Å². The van der Waals surface area contributed by atoms with Crippen LogP contribution in [-0.4, -0.2) is 27.0 Å². The third-order valence-electron chi connectivity index (χ3n) is 4.01. The van der Waals surface area contributed by atoms with Gasteiger partial charge in [-0.25, -0.2) is 0 Å². The molecule has 0 bridgehead atoms. The Bertz CT molecular complexity index is 1110. The van der Waals surface area contributed by atoms with Crippen LogP contribution in [0.5, 0.6) is 0 Å². The van der Waals surface area contributed by atoms with Gasteiger partial charge >= 0.3 is 0 Å². The third-order valence-corrected chi connectivity index (χ3v) is 4.01. The van der Waals surface area contributed by atoms with Gasteiger partial charge in [0.05, 0.1) is 28.5 Å². The van der Waals surface area contributed by atoms with E-state index in [0.717, 1.165) is 33.8 Å². The molecule has 2 aromatic carbocycles. The smallest absolute Gasteiger partial charge is 0.258 e. The van der Waals surface area contributed by atoms with Gasteiger partial charge in [0.1, 0.15) is 6.34 Å². The predicted molar refractivity (Wildman–Crippen MR) is 96.5 cm³/mol. The average Bonchev–Trinajstić information content (AvgIpc) is 3.05. The summed E-state index contributed by atoms with van der Waals surface area (Å²) in [6.45, 7) is 0. The normalized spacial score (nSPS) is 11.4. The summed E-state index contributed by atoms with van der Waals surface area (Å²) in [5.74, 6) is 4.78. The van der Waals surface area contributed by atoms with E-state index >= 15 is 0 Å². The van der Waals surface area contributed by atoms with Crippen molar-refractivity contribution in [1.29, 1.82) is 0 Å². The zero-order chi connectivity index (χ0) is 17.2. The number of carbonyl (C=O) groups excluding carboxylic acids is 1. The summed E-state index contributed by atoms with van der Waals surface area (Å²) in [5.41, 5.74) is 3.07. The molecule has 0 aliphatic heterocycles. The van der Waals surface area contributed by atoms with E-state index in [1.54, 1.807) is 12.4 Å². The highest BCUT2D eigenvalue weighted by Gasteiger charge is 2.16. The molecule has 0 unspecified atom stereocenters. The largest absolute Gasteiger partial charge is 0.322 e. The van der Waals surface area contributed by atoms with Crippen LogP contribution in [0.3, 0.4) is 0 Å². The monoisotopic (exact) mass is 330 g/mol. The molecular weight excluding hydrogens is 316 g/mol. The molecule has 2 heterocycles. The van der Waals surface area contributed by atoms with Crippen LogP contribution < -0.4 is 11.2 Å². The fraction of sp³-hybridized carbons (Fsp3) is 0. The molecule has 4 aromatic rings. The molecule has 0 spiro atoms. The summed E-state index contributed by atoms with van der Waals surface area (Å²) in [5, 5.41) is 15.9. The number of hydrogen-bond donors (Lipinski definition) is 2. The molecule has 122 valence electrons. The first-order valence-corrected chi connectivity index (χ1v) is 7.63. The molecule has 4 rings (SSSR count). The molecule has 0 atom stereocenters. The maximum absolute atomic E-state index is 12.4. The van der Waals surface area contributed by atoms with Crippen molar-refractivity contribution in [3.63, 3.8) is 0 Å². The molecule has 0 fully saturated rings. The third kappa shape index (κ3) is 2.47. The average molecular weight is 330 g/mol. The molecular formula is C18H14N6O. The predicted octanol–water partition coefficient (Wildman–Crippen LogP) is 2.21. The number of nitrogens with zero attached hydrogens (tertiary/aromatic N) is 4. The van der Waals surface area contributed by atoms with Gasteiger partial charge in [-0.15, -0.1) is 0 Å². The van der Waals surface area contributed by atoms with E-state index in [9.17, 15) is 4.79 Å². The molecule has 0 saturated heterocycles. The van der Waals surface area contributed by atoms with Crippen LogP contribution in [0.4, 0.5) is 0 Å². The fourth-order valence-corrected chi connectivity index (χ4v) is 2.92. The first-order chi connectivity index (χ1) is 12.3. The molecule has 25 heavy (non-hydrogen) atoms. The lowest BCUT2D eigenvalue weighted by Gasteiger charge is -2.07. The summed E-state index contributed by atoms with van der Waals surface area (Å²) < 4.78 is 1.95. The highest BCUT2D eigenvalue weighted by molar-refractivity contribution is 6.10. The highest BCUT2D eigenvalue weighted by atomic mass is 16.1. The Kier molecular flexibility index (Phi) is 3.59.